The molecule has 0 bridgehead atoms. The minimum Gasteiger partial charge on any atom is -0.483 e. The highest BCUT2D eigenvalue weighted by Crippen LogP contribution is 2.26. The zero-order valence-corrected chi connectivity index (χ0v) is 16.0. The lowest BCUT2D eigenvalue weighted by molar-refractivity contribution is -0.121. The number of para-hydroxylation sites is 1. The van der Waals surface area contributed by atoms with E-state index in [1.165, 1.54) is 0 Å². The Kier molecular flexibility index (Phi) is 5.53. The molecule has 1 aliphatic rings. The van der Waals surface area contributed by atoms with Crippen molar-refractivity contribution in [2.75, 3.05) is 23.0 Å². The summed E-state index contributed by atoms with van der Waals surface area (Å²) in [4.78, 5) is 14.4. The van der Waals surface area contributed by atoms with Crippen LogP contribution in [0.2, 0.25) is 5.02 Å². The van der Waals surface area contributed by atoms with Gasteiger partial charge in [-0.25, -0.2) is 8.42 Å². The van der Waals surface area contributed by atoms with Crippen molar-refractivity contribution in [3.05, 3.63) is 59.1 Å². The van der Waals surface area contributed by atoms with E-state index in [1.807, 2.05) is 25.1 Å². The molecule has 3 rings (SSSR count). The van der Waals surface area contributed by atoms with E-state index < -0.39 is 9.84 Å². The highest BCUT2D eigenvalue weighted by molar-refractivity contribution is 7.91. The third kappa shape index (κ3) is 4.37. The summed E-state index contributed by atoms with van der Waals surface area (Å²) in [6.45, 7) is 1.68. The molecule has 0 radical (unpaired) electrons. The van der Waals surface area contributed by atoms with Crippen LogP contribution in [0.15, 0.2) is 48.5 Å². The molecule has 0 aliphatic carbocycles. The van der Waals surface area contributed by atoms with Gasteiger partial charge in [0.1, 0.15) is 5.75 Å². The predicted molar refractivity (Wildman–Crippen MR) is 103 cm³/mol. The van der Waals surface area contributed by atoms with Gasteiger partial charge in [0.25, 0.3) is 5.91 Å². The summed E-state index contributed by atoms with van der Waals surface area (Å²) >= 11 is 5.94. The van der Waals surface area contributed by atoms with Crippen LogP contribution in [0.1, 0.15) is 12.0 Å². The van der Waals surface area contributed by atoms with E-state index in [0.717, 1.165) is 5.56 Å². The van der Waals surface area contributed by atoms with Crippen LogP contribution in [0.4, 0.5) is 5.69 Å². The maximum atomic E-state index is 12.9. The van der Waals surface area contributed by atoms with Crippen LogP contribution in [-0.4, -0.2) is 38.5 Å². The first-order chi connectivity index (χ1) is 12.4. The van der Waals surface area contributed by atoms with Gasteiger partial charge < -0.3 is 9.64 Å². The van der Waals surface area contributed by atoms with Crippen LogP contribution < -0.4 is 9.64 Å². The molecule has 138 valence electrons. The largest absolute Gasteiger partial charge is 0.483 e. The monoisotopic (exact) mass is 393 g/mol. The Balaban J connectivity index is 1.79. The first-order valence-electron chi connectivity index (χ1n) is 8.32. The van der Waals surface area contributed by atoms with Crippen LogP contribution in [0.3, 0.4) is 0 Å². The standard InChI is InChI=1S/C19H20ClNO4S/c1-14-11-15(20)7-8-18(14)25-12-19(22)21(16-5-3-2-4-6-16)17-9-10-26(23,24)13-17/h2-8,11,17H,9-10,12-13H2,1H3/t17-/m1/s1. The van der Waals surface area contributed by atoms with Crippen LogP contribution in [-0.2, 0) is 14.6 Å². The van der Waals surface area contributed by atoms with Gasteiger partial charge in [-0.1, -0.05) is 29.8 Å². The van der Waals surface area contributed by atoms with Crippen LogP contribution >= 0.6 is 11.6 Å². The van der Waals surface area contributed by atoms with Crippen molar-refractivity contribution in [1.82, 2.24) is 0 Å². The number of ether oxygens (including phenoxy) is 1. The van der Waals surface area contributed by atoms with Gasteiger partial charge in [0.05, 0.1) is 17.5 Å². The number of halogens is 1. The Morgan fingerprint density at radius 1 is 1.23 bits per heavy atom. The number of nitrogens with zero attached hydrogens (tertiary/aromatic N) is 1. The number of hydrogen-bond donors (Lipinski definition) is 0. The van der Waals surface area contributed by atoms with Crippen molar-refractivity contribution in [2.45, 2.75) is 19.4 Å². The Hall–Kier alpha value is -2.05. The predicted octanol–water partition coefficient (Wildman–Crippen LogP) is 3.25. The second kappa shape index (κ2) is 7.68. The van der Waals surface area contributed by atoms with E-state index in [1.54, 1.807) is 35.2 Å². The molecule has 1 aliphatic heterocycles. The van der Waals surface area contributed by atoms with Crippen molar-refractivity contribution in [3.63, 3.8) is 0 Å². The lowest BCUT2D eigenvalue weighted by atomic mass is 10.2. The molecule has 1 heterocycles. The maximum Gasteiger partial charge on any atom is 0.265 e. The zero-order chi connectivity index (χ0) is 18.7. The number of carbonyl (C=O) groups is 1. The minimum atomic E-state index is -3.11. The van der Waals surface area contributed by atoms with E-state index >= 15 is 0 Å². The molecule has 0 aromatic heterocycles. The number of benzene rings is 2. The molecule has 1 atom stereocenters. The molecule has 2 aromatic carbocycles. The normalized spacial score (nSPS) is 18.5. The molecule has 0 saturated carbocycles. The Morgan fingerprint density at radius 2 is 1.96 bits per heavy atom. The van der Waals surface area contributed by atoms with Gasteiger partial charge in [-0.15, -0.1) is 0 Å². The molecule has 0 spiro atoms. The van der Waals surface area contributed by atoms with Gasteiger partial charge in [0.2, 0.25) is 0 Å². The summed E-state index contributed by atoms with van der Waals surface area (Å²) in [7, 11) is -3.11. The quantitative estimate of drug-likeness (QED) is 0.782. The van der Waals surface area contributed by atoms with E-state index in [-0.39, 0.29) is 30.1 Å². The number of rotatable bonds is 5. The number of aryl methyl sites for hydroxylation is 1. The average Bonchev–Trinajstić information content (AvgIpc) is 2.95. The van der Waals surface area contributed by atoms with Crippen LogP contribution in [0.5, 0.6) is 5.75 Å². The van der Waals surface area contributed by atoms with E-state index in [2.05, 4.69) is 0 Å². The van der Waals surface area contributed by atoms with E-state index in [4.69, 9.17) is 16.3 Å². The molecule has 1 saturated heterocycles. The topological polar surface area (TPSA) is 63.7 Å². The van der Waals surface area contributed by atoms with Gasteiger partial charge in [0, 0.05) is 10.7 Å². The molecule has 1 amide bonds. The fourth-order valence-corrected chi connectivity index (χ4v) is 5.04. The minimum absolute atomic E-state index is 0.0202. The molecular formula is C19H20ClNO4S. The number of amides is 1. The summed E-state index contributed by atoms with van der Waals surface area (Å²) in [5.74, 6) is 0.390. The first kappa shape index (κ1) is 18.7. The maximum absolute atomic E-state index is 12.9. The molecular weight excluding hydrogens is 374 g/mol. The second-order valence-electron chi connectivity index (χ2n) is 6.35. The van der Waals surface area contributed by atoms with Crippen LogP contribution in [0, 0.1) is 6.92 Å². The third-order valence-electron chi connectivity index (χ3n) is 4.36. The lowest BCUT2D eigenvalue weighted by Gasteiger charge is -2.28. The lowest BCUT2D eigenvalue weighted by Crippen LogP contribution is -2.43. The SMILES string of the molecule is Cc1cc(Cl)ccc1OCC(=O)N(c1ccccc1)[C@@H]1CCS(=O)(=O)C1. The van der Waals surface area contributed by atoms with Gasteiger partial charge in [0.15, 0.2) is 16.4 Å². The Bertz CT molecular complexity index is 899. The fourth-order valence-electron chi connectivity index (χ4n) is 3.11. The van der Waals surface area contributed by atoms with Crippen molar-refractivity contribution in [3.8, 4) is 5.75 Å². The zero-order valence-electron chi connectivity index (χ0n) is 14.4. The summed E-state index contributed by atoms with van der Waals surface area (Å²) in [5.41, 5.74) is 1.51. The number of hydrogen-bond acceptors (Lipinski definition) is 4. The Labute approximate surface area is 158 Å². The fraction of sp³-hybridized carbons (Fsp3) is 0.316. The van der Waals surface area contributed by atoms with Crippen molar-refractivity contribution >= 4 is 33.0 Å². The smallest absolute Gasteiger partial charge is 0.265 e. The molecule has 0 unspecified atom stereocenters. The number of carbonyl (C=O) groups excluding carboxylic acids is 1. The Morgan fingerprint density at radius 3 is 2.58 bits per heavy atom. The van der Waals surface area contributed by atoms with Gasteiger partial charge >= 0.3 is 0 Å². The summed E-state index contributed by atoms with van der Waals surface area (Å²) < 4.78 is 29.4. The molecule has 1 fully saturated rings. The van der Waals surface area contributed by atoms with Crippen molar-refractivity contribution in [1.29, 1.82) is 0 Å². The summed E-state index contributed by atoms with van der Waals surface area (Å²) in [6, 6.07) is 13.9. The number of anilines is 1. The molecule has 0 N–H and O–H groups in total. The van der Waals surface area contributed by atoms with Crippen molar-refractivity contribution < 1.29 is 17.9 Å². The van der Waals surface area contributed by atoms with Crippen molar-refractivity contribution in [2.24, 2.45) is 0 Å². The van der Waals surface area contributed by atoms with Gasteiger partial charge in [-0.05, 0) is 49.2 Å². The molecule has 5 nitrogen and oxygen atoms in total. The summed E-state index contributed by atoms with van der Waals surface area (Å²) in [6.07, 6.45) is 0.433. The molecule has 2 aromatic rings. The first-order valence-corrected chi connectivity index (χ1v) is 10.5. The van der Waals surface area contributed by atoms with Crippen LogP contribution in [0.25, 0.3) is 0 Å². The number of sulfone groups is 1. The van der Waals surface area contributed by atoms with E-state index in [9.17, 15) is 13.2 Å². The third-order valence-corrected chi connectivity index (χ3v) is 6.35. The average molecular weight is 394 g/mol. The van der Waals surface area contributed by atoms with Gasteiger partial charge in [-0.2, -0.15) is 0 Å². The highest BCUT2D eigenvalue weighted by Gasteiger charge is 2.35. The molecule has 26 heavy (non-hydrogen) atoms. The van der Waals surface area contributed by atoms with Gasteiger partial charge in [-0.3, -0.25) is 4.79 Å². The molecule has 7 heteroatoms. The second-order valence-corrected chi connectivity index (χ2v) is 9.02. The summed E-state index contributed by atoms with van der Waals surface area (Å²) in [5, 5.41) is 0.600. The highest BCUT2D eigenvalue weighted by atomic mass is 35.5. The van der Waals surface area contributed by atoms with E-state index in [0.29, 0.717) is 22.9 Å².